The fourth-order valence-electron chi connectivity index (χ4n) is 6.00. The topological polar surface area (TPSA) is 39.3 Å². The summed E-state index contributed by atoms with van der Waals surface area (Å²) in [7, 11) is 0. The second kappa shape index (κ2) is 8.44. The molecule has 4 heteroatoms. The fourth-order valence-corrected chi connectivity index (χ4v) is 6.00. The Morgan fingerprint density at radius 3 is 2.68 bits per heavy atom. The average molecular weight is 450 g/mol. The van der Waals surface area contributed by atoms with Crippen molar-refractivity contribution in [1.29, 1.82) is 0 Å². The summed E-state index contributed by atoms with van der Waals surface area (Å²) >= 11 is 0. The van der Waals surface area contributed by atoms with Crippen molar-refractivity contribution < 1.29 is 4.79 Å². The molecule has 4 nitrogen and oxygen atoms in total. The minimum Gasteiger partial charge on any atom is -0.361 e. The summed E-state index contributed by atoms with van der Waals surface area (Å²) < 4.78 is 0. The van der Waals surface area contributed by atoms with Crippen LogP contribution in [0.5, 0.6) is 0 Å². The SMILES string of the molecule is CCN(CC)C(=O)C1C=C2c3cccc4[nH]cc(c34)C[C@H]2N(Cc2ccc3ccccc3c2)C1. The van der Waals surface area contributed by atoms with E-state index in [4.69, 9.17) is 0 Å². The van der Waals surface area contributed by atoms with Gasteiger partial charge in [0.15, 0.2) is 0 Å². The smallest absolute Gasteiger partial charge is 0.230 e. The van der Waals surface area contributed by atoms with E-state index in [0.29, 0.717) is 0 Å². The average Bonchev–Trinajstić information content (AvgIpc) is 3.29. The zero-order valence-electron chi connectivity index (χ0n) is 19.9. The van der Waals surface area contributed by atoms with Crippen molar-refractivity contribution in [2.24, 2.45) is 5.92 Å². The van der Waals surface area contributed by atoms with Crippen LogP contribution in [-0.2, 0) is 17.8 Å². The van der Waals surface area contributed by atoms with Gasteiger partial charge >= 0.3 is 0 Å². The number of hydrogen-bond acceptors (Lipinski definition) is 2. The second-order valence-corrected chi connectivity index (χ2v) is 9.61. The highest BCUT2D eigenvalue weighted by Gasteiger charge is 2.38. The molecule has 3 aromatic carbocycles. The Kier molecular flexibility index (Phi) is 5.26. The molecule has 4 aromatic rings. The molecule has 172 valence electrons. The summed E-state index contributed by atoms with van der Waals surface area (Å²) in [6.45, 7) is 7.23. The lowest BCUT2D eigenvalue weighted by Gasteiger charge is -2.42. The molecule has 0 saturated heterocycles. The molecule has 1 aromatic heterocycles. The molecule has 0 saturated carbocycles. The molecular formula is C30H31N3O. The highest BCUT2D eigenvalue weighted by Crippen LogP contribution is 2.42. The van der Waals surface area contributed by atoms with Gasteiger partial charge < -0.3 is 9.88 Å². The molecule has 1 unspecified atom stereocenters. The minimum atomic E-state index is -0.123. The molecule has 1 amide bonds. The van der Waals surface area contributed by atoms with Crippen molar-refractivity contribution in [3.05, 3.63) is 89.6 Å². The van der Waals surface area contributed by atoms with Gasteiger partial charge in [-0.25, -0.2) is 0 Å². The molecular weight excluding hydrogens is 418 g/mol. The van der Waals surface area contributed by atoms with Crippen LogP contribution < -0.4 is 0 Å². The molecule has 2 atom stereocenters. The highest BCUT2D eigenvalue weighted by molar-refractivity contribution is 5.99. The van der Waals surface area contributed by atoms with Gasteiger partial charge in [-0.15, -0.1) is 0 Å². The Balaban J connectivity index is 1.42. The van der Waals surface area contributed by atoms with Crippen molar-refractivity contribution in [2.75, 3.05) is 19.6 Å². The van der Waals surface area contributed by atoms with Crippen molar-refractivity contribution in [3.63, 3.8) is 0 Å². The first-order valence-corrected chi connectivity index (χ1v) is 12.5. The lowest BCUT2D eigenvalue weighted by molar-refractivity contribution is -0.134. The molecule has 0 bridgehead atoms. The molecule has 2 heterocycles. The maximum Gasteiger partial charge on any atom is 0.230 e. The van der Waals surface area contributed by atoms with Gasteiger partial charge in [-0.05, 0) is 65.4 Å². The molecule has 0 radical (unpaired) electrons. The summed E-state index contributed by atoms with van der Waals surface area (Å²) in [6.07, 6.45) is 5.43. The molecule has 1 aliphatic heterocycles. The maximum atomic E-state index is 13.5. The van der Waals surface area contributed by atoms with Crippen LogP contribution in [0.1, 0.15) is 30.5 Å². The van der Waals surface area contributed by atoms with Crippen LogP contribution in [0.4, 0.5) is 0 Å². The van der Waals surface area contributed by atoms with E-state index in [1.807, 2.05) is 4.90 Å². The van der Waals surface area contributed by atoms with Crippen LogP contribution >= 0.6 is 0 Å². The predicted octanol–water partition coefficient (Wildman–Crippen LogP) is 5.63. The van der Waals surface area contributed by atoms with Gasteiger partial charge in [-0.3, -0.25) is 9.69 Å². The van der Waals surface area contributed by atoms with Gasteiger partial charge in [0.05, 0.1) is 5.92 Å². The summed E-state index contributed by atoms with van der Waals surface area (Å²) in [6, 6.07) is 22.1. The first kappa shape index (κ1) is 21.2. The number of carbonyl (C=O) groups excluding carboxylic acids is 1. The Morgan fingerprint density at radius 1 is 1.03 bits per heavy atom. The number of nitrogens with one attached hydrogen (secondary N) is 1. The number of hydrogen-bond donors (Lipinski definition) is 1. The number of rotatable bonds is 5. The van der Waals surface area contributed by atoms with Gasteiger partial charge in [0.25, 0.3) is 0 Å². The van der Waals surface area contributed by atoms with Gasteiger partial charge in [0, 0.05) is 49.3 Å². The van der Waals surface area contributed by atoms with Gasteiger partial charge in [0.2, 0.25) is 5.91 Å². The van der Waals surface area contributed by atoms with E-state index in [-0.39, 0.29) is 17.9 Å². The number of nitrogens with zero attached hydrogens (tertiary/aromatic N) is 2. The molecule has 34 heavy (non-hydrogen) atoms. The van der Waals surface area contributed by atoms with E-state index < -0.39 is 0 Å². The number of aromatic amines is 1. The van der Waals surface area contributed by atoms with Crippen molar-refractivity contribution in [1.82, 2.24) is 14.8 Å². The first-order valence-electron chi connectivity index (χ1n) is 12.5. The summed E-state index contributed by atoms with van der Waals surface area (Å²) in [4.78, 5) is 21.5. The molecule has 1 aliphatic carbocycles. The fraction of sp³-hybridized carbons (Fsp3) is 0.300. The van der Waals surface area contributed by atoms with E-state index in [2.05, 4.69) is 96.7 Å². The van der Waals surface area contributed by atoms with Crippen LogP contribution in [-0.4, -0.2) is 46.4 Å². The summed E-state index contributed by atoms with van der Waals surface area (Å²) in [5.41, 5.74) is 6.46. The van der Waals surface area contributed by atoms with Crippen LogP contribution in [0.15, 0.2) is 72.9 Å². The molecule has 2 aliphatic rings. The zero-order valence-corrected chi connectivity index (χ0v) is 19.9. The summed E-state index contributed by atoms with van der Waals surface area (Å²) in [5, 5.41) is 3.86. The van der Waals surface area contributed by atoms with E-state index in [1.165, 1.54) is 43.9 Å². The predicted molar refractivity (Wildman–Crippen MR) is 140 cm³/mol. The normalized spacial score (nSPS) is 19.8. The lowest BCUT2D eigenvalue weighted by Crippen LogP contribution is -2.48. The van der Waals surface area contributed by atoms with Gasteiger partial charge in [0.1, 0.15) is 0 Å². The van der Waals surface area contributed by atoms with E-state index in [9.17, 15) is 4.79 Å². The number of benzene rings is 3. The van der Waals surface area contributed by atoms with Gasteiger partial charge in [-0.1, -0.05) is 54.6 Å². The van der Waals surface area contributed by atoms with Gasteiger partial charge in [-0.2, -0.15) is 0 Å². The monoisotopic (exact) mass is 449 g/mol. The highest BCUT2D eigenvalue weighted by atomic mass is 16.2. The lowest BCUT2D eigenvalue weighted by atomic mass is 9.79. The quantitative estimate of drug-likeness (QED) is 0.429. The minimum absolute atomic E-state index is 0.123. The van der Waals surface area contributed by atoms with Crippen molar-refractivity contribution >= 4 is 33.2 Å². The summed E-state index contributed by atoms with van der Waals surface area (Å²) in [5.74, 6) is 0.119. The zero-order chi connectivity index (χ0) is 23.2. The van der Waals surface area contributed by atoms with Crippen LogP contribution in [0, 0.1) is 5.92 Å². The van der Waals surface area contributed by atoms with E-state index in [1.54, 1.807) is 0 Å². The van der Waals surface area contributed by atoms with E-state index in [0.717, 1.165) is 32.6 Å². The van der Waals surface area contributed by atoms with Crippen LogP contribution in [0.25, 0.3) is 27.2 Å². The Morgan fingerprint density at radius 2 is 1.85 bits per heavy atom. The largest absolute Gasteiger partial charge is 0.361 e. The Bertz CT molecular complexity index is 1410. The Hall–Kier alpha value is -3.37. The standard InChI is InChI=1S/C30H31N3O/c1-3-32(4-2)30(34)24-15-26-25-10-7-11-27-29(25)23(17-31-27)16-28(26)33(19-24)18-20-12-13-21-8-5-6-9-22(21)14-20/h5-15,17,24,28,31H,3-4,16,18-19H2,1-2H3/t24?,28-/m1/s1. The third-order valence-corrected chi connectivity index (χ3v) is 7.72. The first-order chi connectivity index (χ1) is 16.7. The number of carbonyl (C=O) groups is 1. The molecule has 6 rings (SSSR count). The molecule has 0 fully saturated rings. The van der Waals surface area contributed by atoms with Crippen molar-refractivity contribution in [2.45, 2.75) is 32.9 Å². The van der Waals surface area contributed by atoms with E-state index >= 15 is 0 Å². The number of H-pyrrole nitrogens is 1. The number of aromatic nitrogens is 1. The molecule has 0 spiro atoms. The number of fused-ring (bicyclic) bond motifs is 3. The second-order valence-electron chi connectivity index (χ2n) is 9.61. The molecule has 1 N–H and O–H groups in total. The Labute approximate surface area is 200 Å². The van der Waals surface area contributed by atoms with Crippen LogP contribution in [0.2, 0.25) is 0 Å². The third-order valence-electron chi connectivity index (χ3n) is 7.72. The third kappa shape index (κ3) is 3.45. The van der Waals surface area contributed by atoms with Crippen molar-refractivity contribution in [3.8, 4) is 0 Å². The number of amides is 1. The van der Waals surface area contributed by atoms with Crippen LogP contribution in [0.3, 0.4) is 0 Å². The maximum absolute atomic E-state index is 13.5.